The topological polar surface area (TPSA) is 75.7 Å². The van der Waals surface area contributed by atoms with Crippen LogP contribution in [0.4, 0.5) is 10.5 Å². The molecular formula is C19H15ClN2O4. The number of benzene rings is 2. The summed E-state index contributed by atoms with van der Waals surface area (Å²) in [4.78, 5) is 38.2. The van der Waals surface area contributed by atoms with E-state index in [-0.39, 0.29) is 5.57 Å². The first-order chi connectivity index (χ1) is 12.4. The first kappa shape index (κ1) is 17.7. The number of barbiturate groups is 1. The molecule has 6 nitrogen and oxygen atoms in total. The van der Waals surface area contributed by atoms with Crippen LogP contribution in [-0.4, -0.2) is 25.0 Å². The zero-order valence-corrected chi connectivity index (χ0v) is 14.8. The summed E-state index contributed by atoms with van der Waals surface area (Å²) >= 11 is 5.99. The third kappa shape index (κ3) is 3.32. The lowest BCUT2D eigenvalue weighted by molar-refractivity contribution is -0.122. The molecule has 0 radical (unpaired) electrons. The summed E-state index contributed by atoms with van der Waals surface area (Å²) in [5, 5.41) is 2.57. The third-order valence-electron chi connectivity index (χ3n) is 3.94. The molecule has 2 aromatic rings. The predicted octanol–water partition coefficient (Wildman–Crippen LogP) is 3.32. The van der Waals surface area contributed by atoms with E-state index < -0.39 is 17.8 Å². The van der Waals surface area contributed by atoms with Crippen molar-refractivity contribution in [1.82, 2.24) is 5.32 Å². The van der Waals surface area contributed by atoms with Crippen molar-refractivity contribution >= 4 is 41.2 Å². The number of ether oxygens (including phenoxy) is 1. The van der Waals surface area contributed by atoms with Crippen molar-refractivity contribution in [2.75, 3.05) is 12.0 Å². The molecule has 0 bridgehead atoms. The van der Waals surface area contributed by atoms with Crippen molar-refractivity contribution in [1.29, 1.82) is 0 Å². The Hall–Kier alpha value is -3.12. The molecule has 1 aliphatic rings. The van der Waals surface area contributed by atoms with Gasteiger partial charge < -0.3 is 4.74 Å². The molecule has 1 fully saturated rings. The van der Waals surface area contributed by atoms with Crippen LogP contribution in [0.15, 0.2) is 48.0 Å². The fourth-order valence-corrected chi connectivity index (χ4v) is 2.73. The normalized spacial score (nSPS) is 16.0. The summed E-state index contributed by atoms with van der Waals surface area (Å²) in [6.07, 6.45) is 1.43. The SMILES string of the molecule is COc1ccc(/C=C2\C(=O)NC(=O)N(c3cc(Cl)ccc3C)C2=O)cc1. The number of urea groups is 1. The summed E-state index contributed by atoms with van der Waals surface area (Å²) in [5.41, 5.74) is 1.49. The van der Waals surface area contributed by atoms with Crippen LogP contribution in [0.2, 0.25) is 5.02 Å². The van der Waals surface area contributed by atoms with Gasteiger partial charge in [0, 0.05) is 5.02 Å². The molecule has 26 heavy (non-hydrogen) atoms. The summed E-state index contributed by atoms with van der Waals surface area (Å²) < 4.78 is 5.08. The number of halogens is 1. The number of aryl methyl sites for hydroxylation is 1. The highest BCUT2D eigenvalue weighted by Crippen LogP contribution is 2.28. The highest BCUT2D eigenvalue weighted by molar-refractivity contribution is 6.39. The molecule has 0 spiro atoms. The van der Waals surface area contributed by atoms with Gasteiger partial charge in [-0.2, -0.15) is 0 Å². The molecule has 2 aromatic carbocycles. The van der Waals surface area contributed by atoms with Crippen LogP contribution in [0.25, 0.3) is 6.08 Å². The molecule has 3 rings (SSSR count). The lowest BCUT2D eigenvalue weighted by atomic mass is 10.1. The second-order valence-corrected chi connectivity index (χ2v) is 6.10. The number of methoxy groups -OCH3 is 1. The predicted molar refractivity (Wildman–Crippen MR) is 98.2 cm³/mol. The van der Waals surface area contributed by atoms with E-state index in [1.165, 1.54) is 12.1 Å². The molecule has 1 saturated heterocycles. The number of nitrogens with one attached hydrogen (secondary N) is 1. The minimum Gasteiger partial charge on any atom is -0.497 e. The van der Waals surface area contributed by atoms with Gasteiger partial charge >= 0.3 is 6.03 Å². The molecule has 0 aromatic heterocycles. The van der Waals surface area contributed by atoms with Gasteiger partial charge in [-0.15, -0.1) is 0 Å². The Kier molecular flexibility index (Phi) is 4.77. The number of amides is 4. The fourth-order valence-electron chi connectivity index (χ4n) is 2.57. The highest BCUT2D eigenvalue weighted by Gasteiger charge is 2.37. The summed E-state index contributed by atoms with van der Waals surface area (Å²) in [7, 11) is 1.54. The summed E-state index contributed by atoms with van der Waals surface area (Å²) in [5.74, 6) is -0.801. The maximum absolute atomic E-state index is 12.8. The zero-order chi connectivity index (χ0) is 18.8. The summed E-state index contributed by atoms with van der Waals surface area (Å²) in [6, 6.07) is 10.9. The van der Waals surface area contributed by atoms with Crippen LogP contribution in [0.5, 0.6) is 5.75 Å². The van der Waals surface area contributed by atoms with Crippen LogP contribution in [0.1, 0.15) is 11.1 Å². The summed E-state index contributed by atoms with van der Waals surface area (Å²) in [6.45, 7) is 1.75. The maximum Gasteiger partial charge on any atom is 0.335 e. The molecular weight excluding hydrogens is 356 g/mol. The van der Waals surface area contributed by atoms with Crippen molar-refractivity contribution in [3.63, 3.8) is 0 Å². The van der Waals surface area contributed by atoms with Crippen molar-refractivity contribution in [3.05, 3.63) is 64.2 Å². The molecule has 0 aliphatic carbocycles. The van der Waals surface area contributed by atoms with E-state index in [1.54, 1.807) is 50.4 Å². The van der Waals surface area contributed by atoms with E-state index >= 15 is 0 Å². The van der Waals surface area contributed by atoms with E-state index in [9.17, 15) is 14.4 Å². The van der Waals surface area contributed by atoms with Gasteiger partial charge in [-0.25, -0.2) is 9.69 Å². The Morgan fingerprint density at radius 2 is 1.77 bits per heavy atom. The third-order valence-corrected chi connectivity index (χ3v) is 4.18. The number of hydrogen-bond acceptors (Lipinski definition) is 4. The highest BCUT2D eigenvalue weighted by atomic mass is 35.5. The number of hydrogen-bond donors (Lipinski definition) is 1. The van der Waals surface area contributed by atoms with Gasteiger partial charge in [-0.1, -0.05) is 29.8 Å². The van der Waals surface area contributed by atoms with Gasteiger partial charge in [0.05, 0.1) is 12.8 Å². The quantitative estimate of drug-likeness (QED) is 0.664. The number of imide groups is 2. The van der Waals surface area contributed by atoms with Gasteiger partial charge in [0.2, 0.25) is 0 Å². The number of anilines is 1. The van der Waals surface area contributed by atoms with Crippen LogP contribution < -0.4 is 15.0 Å². The number of rotatable bonds is 3. The van der Waals surface area contributed by atoms with Crippen LogP contribution in [0.3, 0.4) is 0 Å². The lowest BCUT2D eigenvalue weighted by Gasteiger charge is -2.27. The van der Waals surface area contributed by atoms with Crippen LogP contribution in [0, 0.1) is 6.92 Å². The Bertz CT molecular complexity index is 935. The molecule has 7 heteroatoms. The van der Waals surface area contributed by atoms with Crippen molar-refractivity contribution < 1.29 is 19.1 Å². The second kappa shape index (κ2) is 7.01. The van der Waals surface area contributed by atoms with E-state index in [1.807, 2.05) is 0 Å². The van der Waals surface area contributed by atoms with Crippen molar-refractivity contribution in [2.45, 2.75) is 6.92 Å². The first-order valence-corrected chi connectivity index (χ1v) is 8.10. The monoisotopic (exact) mass is 370 g/mol. The number of nitrogens with zero attached hydrogens (tertiary/aromatic N) is 1. The molecule has 1 aliphatic heterocycles. The van der Waals surface area contributed by atoms with E-state index in [2.05, 4.69) is 5.32 Å². The minimum atomic E-state index is -0.808. The average Bonchev–Trinajstić information content (AvgIpc) is 2.62. The molecule has 0 atom stereocenters. The van der Waals surface area contributed by atoms with Crippen molar-refractivity contribution in [3.8, 4) is 5.75 Å². The van der Waals surface area contributed by atoms with Gasteiger partial charge in [0.15, 0.2) is 0 Å². The Morgan fingerprint density at radius 1 is 1.08 bits per heavy atom. The average molecular weight is 371 g/mol. The smallest absolute Gasteiger partial charge is 0.335 e. The molecule has 1 heterocycles. The number of carbonyl (C=O) groups excluding carboxylic acids is 3. The standard InChI is InChI=1S/C19H15ClN2O4/c1-11-3-6-13(20)10-16(11)22-18(24)15(17(23)21-19(22)25)9-12-4-7-14(26-2)8-5-12/h3-10H,1-2H3,(H,21,23,25)/b15-9+. The largest absolute Gasteiger partial charge is 0.497 e. The minimum absolute atomic E-state index is 0.144. The molecule has 0 unspecified atom stereocenters. The zero-order valence-electron chi connectivity index (χ0n) is 14.1. The fraction of sp³-hybridized carbons (Fsp3) is 0.105. The Labute approximate surface area is 155 Å². The first-order valence-electron chi connectivity index (χ1n) is 7.72. The van der Waals surface area contributed by atoms with Gasteiger partial charge in [-0.3, -0.25) is 14.9 Å². The van der Waals surface area contributed by atoms with E-state index in [4.69, 9.17) is 16.3 Å². The van der Waals surface area contributed by atoms with Gasteiger partial charge in [-0.05, 0) is 48.4 Å². The van der Waals surface area contributed by atoms with Crippen LogP contribution in [-0.2, 0) is 9.59 Å². The second-order valence-electron chi connectivity index (χ2n) is 5.66. The molecule has 0 saturated carbocycles. The van der Waals surface area contributed by atoms with Gasteiger partial charge in [0.25, 0.3) is 11.8 Å². The molecule has 4 amide bonds. The van der Waals surface area contributed by atoms with Crippen molar-refractivity contribution in [2.24, 2.45) is 0 Å². The van der Waals surface area contributed by atoms with E-state index in [0.717, 1.165) is 4.90 Å². The lowest BCUT2D eigenvalue weighted by Crippen LogP contribution is -2.54. The maximum atomic E-state index is 12.8. The Balaban J connectivity index is 2.02. The van der Waals surface area contributed by atoms with Crippen LogP contribution >= 0.6 is 11.6 Å². The number of carbonyl (C=O) groups is 3. The van der Waals surface area contributed by atoms with E-state index in [0.29, 0.717) is 27.6 Å². The Morgan fingerprint density at radius 3 is 2.42 bits per heavy atom. The van der Waals surface area contributed by atoms with Gasteiger partial charge in [0.1, 0.15) is 11.3 Å². The molecule has 132 valence electrons. The molecule has 1 N–H and O–H groups in total.